The Labute approximate surface area is 130 Å². The molecule has 5 atom stereocenters. The normalized spacial score (nSPS) is 37.6. The number of rotatable bonds is 3. The lowest BCUT2D eigenvalue weighted by Crippen LogP contribution is -2.70. The number of hydrogen-bond acceptors (Lipinski definition) is 4. The second-order valence-corrected chi connectivity index (χ2v) is 7.04. The topological polar surface area (TPSA) is 70.0 Å². The van der Waals surface area contributed by atoms with E-state index in [2.05, 4.69) is 0 Å². The van der Waals surface area contributed by atoms with Crippen molar-refractivity contribution in [3.63, 3.8) is 0 Å². The molecule has 5 nitrogen and oxygen atoms in total. The summed E-state index contributed by atoms with van der Waals surface area (Å²) in [4.78, 5) is 14.0. The van der Waals surface area contributed by atoms with Gasteiger partial charge in [-0.25, -0.2) is 0 Å². The van der Waals surface area contributed by atoms with Gasteiger partial charge in [0.05, 0.1) is 23.8 Å². The molecule has 0 aliphatic carbocycles. The van der Waals surface area contributed by atoms with Gasteiger partial charge < -0.3 is 19.8 Å². The molecule has 0 saturated carbocycles. The average Bonchev–Trinajstić information content (AvgIpc) is 2.64. The number of aliphatic hydroxyl groups excluding tert-OH is 2. The maximum Gasteiger partial charge on any atom is 0.254 e. The molecular formula is C17H23NO4. The first-order valence-electron chi connectivity index (χ1n) is 7.55. The van der Waals surface area contributed by atoms with Crippen molar-refractivity contribution in [3.05, 3.63) is 35.9 Å². The Morgan fingerprint density at radius 1 is 1.23 bits per heavy atom. The fraction of sp³-hybridized carbons (Fsp3) is 0.588. The number of carbonyl (C=O) groups is 1. The van der Waals surface area contributed by atoms with Crippen LogP contribution in [0.5, 0.6) is 0 Å². The second-order valence-electron chi connectivity index (χ2n) is 7.04. The highest BCUT2D eigenvalue weighted by Gasteiger charge is 2.73. The van der Waals surface area contributed by atoms with Crippen molar-refractivity contribution in [2.45, 2.75) is 50.7 Å². The van der Waals surface area contributed by atoms with Crippen LogP contribution < -0.4 is 0 Å². The van der Waals surface area contributed by atoms with Gasteiger partial charge in [0.2, 0.25) is 0 Å². The lowest BCUT2D eigenvalue weighted by atomic mass is 9.68. The van der Waals surface area contributed by atoms with E-state index in [1.54, 1.807) is 4.90 Å². The summed E-state index contributed by atoms with van der Waals surface area (Å²) in [5.74, 6) is -0.125. The SMILES string of the molecule is CO[C@@H]1C(=O)N2[C@@H]1C(C)(C(O)c1ccccc1)C(O)C2(C)C. The minimum Gasteiger partial charge on any atom is -0.390 e. The molecule has 120 valence electrons. The van der Waals surface area contributed by atoms with Gasteiger partial charge in [-0.2, -0.15) is 0 Å². The van der Waals surface area contributed by atoms with E-state index in [1.807, 2.05) is 51.1 Å². The van der Waals surface area contributed by atoms with Crippen LogP contribution in [-0.4, -0.2) is 51.9 Å². The van der Waals surface area contributed by atoms with Crippen molar-refractivity contribution < 1.29 is 19.7 Å². The fourth-order valence-electron chi connectivity index (χ4n) is 4.30. The minimum atomic E-state index is -0.889. The zero-order valence-electron chi connectivity index (χ0n) is 13.4. The number of nitrogens with zero attached hydrogens (tertiary/aromatic N) is 1. The summed E-state index contributed by atoms with van der Waals surface area (Å²) in [5.41, 5.74) is -0.892. The molecule has 2 saturated heterocycles. The van der Waals surface area contributed by atoms with Crippen molar-refractivity contribution >= 4 is 5.91 Å². The van der Waals surface area contributed by atoms with E-state index in [-0.39, 0.29) is 11.9 Å². The summed E-state index contributed by atoms with van der Waals surface area (Å²) in [6.45, 7) is 5.50. The van der Waals surface area contributed by atoms with Gasteiger partial charge in [-0.1, -0.05) is 37.3 Å². The summed E-state index contributed by atoms with van der Waals surface area (Å²) in [6, 6.07) is 8.91. The molecule has 0 radical (unpaired) electrons. The van der Waals surface area contributed by atoms with Crippen molar-refractivity contribution in [3.8, 4) is 0 Å². The van der Waals surface area contributed by atoms with E-state index >= 15 is 0 Å². The molecule has 5 heteroatoms. The molecule has 2 heterocycles. The Bertz CT molecular complexity index is 588. The summed E-state index contributed by atoms with van der Waals surface area (Å²) < 4.78 is 5.32. The van der Waals surface area contributed by atoms with Crippen molar-refractivity contribution in [2.24, 2.45) is 5.41 Å². The molecule has 1 amide bonds. The average molecular weight is 305 g/mol. The summed E-state index contributed by atoms with van der Waals surface area (Å²) in [5, 5.41) is 21.9. The number of β-lactam (4-membered cyclic amide) rings is 1. The quantitative estimate of drug-likeness (QED) is 0.821. The smallest absolute Gasteiger partial charge is 0.254 e. The van der Waals surface area contributed by atoms with E-state index in [9.17, 15) is 15.0 Å². The van der Waals surface area contributed by atoms with Gasteiger partial charge in [0.15, 0.2) is 6.10 Å². The first-order chi connectivity index (χ1) is 10.3. The number of ether oxygens (including phenoxy) is 1. The van der Waals surface area contributed by atoms with Crippen LogP contribution in [0.25, 0.3) is 0 Å². The predicted molar refractivity (Wildman–Crippen MR) is 81.0 cm³/mol. The zero-order chi connectivity index (χ0) is 16.3. The van der Waals surface area contributed by atoms with E-state index < -0.39 is 29.3 Å². The van der Waals surface area contributed by atoms with Gasteiger partial charge in [0.25, 0.3) is 5.91 Å². The number of hydrogen-bond donors (Lipinski definition) is 2. The summed E-state index contributed by atoms with van der Waals surface area (Å²) in [7, 11) is 1.49. The van der Waals surface area contributed by atoms with Crippen LogP contribution in [0.3, 0.4) is 0 Å². The molecule has 0 spiro atoms. The van der Waals surface area contributed by atoms with Crippen LogP contribution in [-0.2, 0) is 9.53 Å². The standard InChI is InChI=1S/C17H23NO4/c1-16(2)15(21)17(3,12-11(22-4)14(20)18(12)16)13(19)10-8-6-5-7-9-10/h5-9,11-13,15,19,21H,1-4H3/t11-,12-,13?,15?,17?/m0/s1. The number of carbonyl (C=O) groups excluding carboxylic acids is 1. The molecule has 1 aromatic carbocycles. The molecule has 2 N–H and O–H groups in total. The molecule has 22 heavy (non-hydrogen) atoms. The number of amides is 1. The lowest BCUT2D eigenvalue weighted by molar-refractivity contribution is -0.183. The fourth-order valence-corrected chi connectivity index (χ4v) is 4.30. The third-order valence-electron chi connectivity index (χ3n) is 5.52. The first kappa shape index (κ1) is 15.5. The third-order valence-corrected chi connectivity index (χ3v) is 5.52. The third kappa shape index (κ3) is 1.67. The van der Waals surface area contributed by atoms with Gasteiger partial charge in [-0.05, 0) is 19.4 Å². The highest BCUT2D eigenvalue weighted by Crippen LogP contribution is 2.58. The highest BCUT2D eigenvalue weighted by molar-refractivity contribution is 5.90. The van der Waals surface area contributed by atoms with Crippen LogP contribution in [0.15, 0.2) is 30.3 Å². The van der Waals surface area contributed by atoms with E-state index in [1.165, 1.54) is 7.11 Å². The van der Waals surface area contributed by atoms with E-state index in [4.69, 9.17) is 4.74 Å². The Morgan fingerprint density at radius 3 is 2.36 bits per heavy atom. The van der Waals surface area contributed by atoms with E-state index in [0.29, 0.717) is 0 Å². The Kier molecular flexibility index (Phi) is 3.36. The van der Waals surface area contributed by atoms with Gasteiger partial charge in [0, 0.05) is 12.5 Å². The van der Waals surface area contributed by atoms with Crippen LogP contribution >= 0.6 is 0 Å². The number of aliphatic hydroxyl groups is 2. The summed E-state index contributed by atoms with van der Waals surface area (Å²) in [6.07, 6.45) is -2.35. The molecule has 2 aliphatic heterocycles. The van der Waals surface area contributed by atoms with Gasteiger partial charge in [-0.15, -0.1) is 0 Å². The number of fused-ring (bicyclic) bond motifs is 1. The molecule has 3 rings (SSSR count). The monoisotopic (exact) mass is 305 g/mol. The van der Waals surface area contributed by atoms with Crippen molar-refractivity contribution in [1.29, 1.82) is 0 Å². The molecule has 0 bridgehead atoms. The number of benzene rings is 1. The van der Waals surface area contributed by atoms with Crippen LogP contribution in [0, 0.1) is 5.41 Å². The predicted octanol–water partition coefficient (Wildman–Crippen LogP) is 1.11. The van der Waals surface area contributed by atoms with E-state index in [0.717, 1.165) is 5.56 Å². The van der Waals surface area contributed by atoms with Crippen LogP contribution in [0.4, 0.5) is 0 Å². The minimum absolute atomic E-state index is 0.125. The van der Waals surface area contributed by atoms with Gasteiger partial charge in [-0.3, -0.25) is 4.79 Å². The van der Waals surface area contributed by atoms with Crippen molar-refractivity contribution in [2.75, 3.05) is 7.11 Å². The van der Waals surface area contributed by atoms with Crippen LogP contribution in [0.2, 0.25) is 0 Å². The molecule has 2 fully saturated rings. The lowest BCUT2D eigenvalue weighted by Gasteiger charge is -2.51. The Balaban J connectivity index is 2.06. The Morgan fingerprint density at radius 2 is 1.82 bits per heavy atom. The maximum absolute atomic E-state index is 12.3. The molecule has 2 aliphatic rings. The first-order valence-corrected chi connectivity index (χ1v) is 7.55. The van der Waals surface area contributed by atoms with Gasteiger partial charge in [0.1, 0.15) is 0 Å². The number of methoxy groups -OCH3 is 1. The highest BCUT2D eigenvalue weighted by atomic mass is 16.5. The molecule has 3 unspecified atom stereocenters. The largest absolute Gasteiger partial charge is 0.390 e. The zero-order valence-corrected chi connectivity index (χ0v) is 13.4. The van der Waals surface area contributed by atoms with Gasteiger partial charge >= 0.3 is 0 Å². The second kappa shape index (κ2) is 4.78. The summed E-state index contributed by atoms with van der Waals surface area (Å²) >= 11 is 0. The van der Waals surface area contributed by atoms with Crippen LogP contribution in [0.1, 0.15) is 32.4 Å². The molecular weight excluding hydrogens is 282 g/mol. The maximum atomic E-state index is 12.3. The molecule has 0 aromatic heterocycles. The van der Waals surface area contributed by atoms with Crippen molar-refractivity contribution in [1.82, 2.24) is 4.90 Å². The molecule has 1 aromatic rings. The Hall–Kier alpha value is -1.43.